The molecule has 0 radical (unpaired) electrons. The SMILES string of the molecule is C=[C-]N(C)C.[Y+3]. The Bertz CT molecular complexity index is 34.5. The summed E-state index contributed by atoms with van der Waals surface area (Å²) in [6.07, 6.45) is 2.61. The van der Waals surface area contributed by atoms with Crippen LogP contribution in [0.5, 0.6) is 0 Å². The van der Waals surface area contributed by atoms with E-state index in [1.54, 1.807) is 4.90 Å². The monoisotopic (exact) mass is 159 g/mol. The summed E-state index contributed by atoms with van der Waals surface area (Å²) < 4.78 is 0. The van der Waals surface area contributed by atoms with Crippen LogP contribution in [0.4, 0.5) is 0 Å². The van der Waals surface area contributed by atoms with Crippen molar-refractivity contribution in [3.8, 4) is 0 Å². The van der Waals surface area contributed by atoms with Crippen LogP contribution in [0.3, 0.4) is 0 Å². The number of rotatable bonds is 1. The van der Waals surface area contributed by atoms with Gasteiger partial charge in [-0.1, -0.05) is 0 Å². The molecule has 0 fully saturated rings. The van der Waals surface area contributed by atoms with Crippen LogP contribution in [0.15, 0.2) is 6.58 Å². The third-order valence-electron chi connectivity index (χ3n) is 0.316. The van der Waals surface area contributed by atoms with Crippen molar-refractivity contribution in [1.82, 2.24) is 4.90 Å². The van der Waals surface area contributed by atoms with Crippen LogP contribution in [0.2, 0.25) is 0 Å². The van der Waals surface area contributed by atoms with Crippen molar-refractivity contribution in [2.45, 2.75) is 0 Å². The number of nitrogens with zero attached hydrogens (tertiary/aromatic N) is 1. The summed E-state index contributed by atoms with van der Waals surface area (Å²) in [4.78, 5) is 1.76. The second-order valence-corrected chi connectivity index (χ2v) is 1.05. The Balaban J connectivity index is 0. The molecule has 0 aromatic heterocycles. The van der Waals surface area contributed by atoms with Crippen molar-refractivity contribution in [3.63, 3.8) is 0 Å². The van der Waals surface area contributed by atoms with Crippen LogP contribution in [-0.2, 0) is 32.7 Å². The maximum absolute atomic E-state index is 3.36. The van der Waals surface area contributed by atoms with Crippen molar-refractivity contribution in [2.75, 3.05) is 14.1 Å². The van der Waals surface area contributed by atoms with Gasteiger partial charge in [0.1, 0.15) is 0 Å². The molecular weight excluding hydrogens is 151 g/mol. The van der Waals surface area contributed by atoms with Gasteiger partial charge in [0.25, 0.3) is 0 Å². The second-order valence-electron chi connectivity index (χ2n) is 1.05. The fourth-order valence-electron chi connectivity index (χ4n) is 0. The summed E-state index contributed by atoms with van der Waals surface area (Å²) in [7, 11) is 3.76. The van der Waals surface area contributed by atoms with E-state index in [1.165, 1.54) is 0 Å². The largest absolute Gasteiger partial charge is 3.00 e. The first kappa shape index (κ1) is 9.81. The minimum atomic E-state index is 0. The average Bonchev–Trinajstić information content (AvgIpc) is 1.38. The Morgan fingerprint density at radius 1 is 1.50 bits per heavy atom. The molecular formula is C4H8NY+2. The fourth-order valence-corrected chi connectivity index (χ4v) is 0. The van der Waals surface area contributed by atoms with Crippen molar-refractivity contribution in [3.05, 3.63) is 12.8 Å². The van der Waals surface area contributed by atoms with Crippen molar-refractivity contribution < 1.29 is 32.7 Å². The normalized spacial score (nSPS) is 5.67. The molecule has 0 aliphatic rings. The first-order chi connectivity index (χ1) is 2.27. The maximum Gasteiger partial charge on any atom is 3.00 e. The smallest absolute Gasteiger partial charge is 0.560 e. The molecule has 0 saturated heterocycles. The minimum Gasteiger partial charge on any atom is -0.560 e. The molecule has 0 aliphatic carbocycles. The summed E-state index contributed by atoms with van der Waals surface area (Å²) in [6, 6.07) is 0. The van der Waals surface area contributed by atoms with Crippen LogP contribution < -0.4 is 0 Å². The predicted octanol–water partition coefficient (Wildman–Crippen LogP) is 0.492. The molecule has 0 aromatic carbocycles. The first-order valence-corrected chi connectivity index (χ1v) is 1.47. The van der Waals surface area contributed by atoms with E-state index < -0.39 is 0 Å². The Morgan fingerprint density at radius 3 is 1.67 bits per heavy atom. The van der Waals surface area contributed by atoms with Gasteiger partial charge in [0.2, 0.25) is 0 Å². The van der Waals surface area contributed by atoms with Gasteiger partial charge >= 0.3 is 32.7 Å². The van der Waals surface area contributed by atoms with Gasteiger partial charge in [-0.15, -0.1) is 0 Å². The Hall–Kier alpha value is 0.644. The van der Waals surface area contributed by atoms with Gasteiger partial charge in [-0.25, -0.2) is 0 Å². The van der Waals surface area contributed by atoms with E-state index >= 15 is 0 Å². The van der Waals surface area contributed by atoms with E-state index in [-0.39, 0.29) is 32.7 Å². The molecule has 0 aliphatic heterocycles. The molecule has 0 amide bonds. The molecule has 0 aromatic rings. The third kappa shape index (κ3) is 8.82. The van der Waals surface area contributed by atoms with Gasteiger partial charge < -0.3 is 11.1 Å². The molecule has 0 heterocycles. The van der Waals surface area contributed by atoms with Gasteiger partial charge in [-0.3, -0.25) is 6.58 Å². The van der Waals surface area contributed by atoms with Gasteiger partial charge in [0.15, 0.2) is 0 Å². The summed E-state index contributed by atoms with van der Waals surface area (Å²) in [6.45, 7) is 3.36. The molecule has 0 N–H and O–H groups in total. The van der Waals surface area contributed by atoms with Crippen molar-refractivity contribution in [2.24, 2.45) is 0 Å². The van der Waals surface area contributed by atoms with E-state index in [4.69, 9.17) is 0 Å². The van der Waals surface area contributed by atoms with Gasteiger partial charge in [0.05, 0.1) is 0 Å². The van der Waals surface area contributed by atoms with Crippen molar-refractivity contribution in [1.29, 1.82) is 0 Å². The molecule has 0 bridgehead atoms. The molecule has 6 heavy (non-hydrogen) atoms. The molecule has 0 atom stereocenters. The van der Waals surface area contributed by atoms with Crippen LogP contribution in [0.1, 0.15) is 0 Å². The zero-order valence-corrected chi connectivity index (χ0v) is 7.07. The topological polar surface area (TPSA) is 3.24 Å². The van der Waals surface area contributed by atoms with E-state index in [0.29, 0.717) is 0 Å². The zero-order valence-electron chi connectivity index (χ0n) is 4.23. The molecule has 2 heteroatoms. The Labute approximate surface area is 64.3 Å². The Morgan fingerprint density at radius 2 is 1.67 bits per heavy atom. The summed E-state index contributed by atoms with van der Waals surface area (Å²) in [5.74, 6) is 0. The van der Waals surface area contributed by atoms with Gasteiger partial charge in [-0.05, 0) is 14.1 Å². The standard InChI is InChI=1S/C4H8N.Y/c1-4-5(2)3;/h1H2,2-3H3;/q-1;+3. The van der Waals surface area contributed by atoms with Gasteiger partial charge in [-0.2, -0.15) is 0 Å². The van der Waals surface area contributed by atoms with Crippen LogP contribution in [0, 0.1) is 6.20 Å². The maximum atomic E-state index is 3.36. The van der Waals surface area contributed by atoms with E-state index in [2.05, 4.69) is 12.8 Å². The molecule has 30 valence electrons. The number of hydrogen-bond acceptors (Lipinski definition) is 1. The summed E-state index contributed by atoms with van der Waals surface area (Å²) in [5, 5.41) is 0. The fraction of sp³-hybridized carbons (Fsp3) is 0.500. The Kier molecular flexibility index (Phi) is 9.23. The van der Waals surface area contributed by atoms with Gasteiger partial charge in [0, 0.05) is 0 Å². The molecule has 1 nitrogen and oxygen atoms in total. The quantitative estimate of drug-likeness (QED) is 0.397. The predicted molar refractivity (Wildman–Crippen MR) is 22.6 cm³/mol. The van der Waals surface area contributed by atoms with E-state index in [0.717, 1.165) is 0 Å². The molecule has 0 spiro atoms. The van der Waals surface area contributed by atoms with Crippen molar-refractivity contribution >= 4 is 0 Å². The molecule has 0 unspecified atom stereocenters. The zero-order chi connectivity index (χ0) is 4.28. The first-order valence-electron chi connectivity index (χ1n) is 1.47. The van der Waals surface area contributed by atoms with Crippen LogP contribution in [0.25, 0.3) is 0 Å². The average molecular weight is 159 g/mol. The molecule has 0 rings (SSSR count). The number of hydrogen-bond donors (Lipinski definition) is 0. The third-order valence-corrected chi connectivity index (χ3v) is 0.316. The minimum absolute atomic E-state index is 0. The molecule has 0 saturated carbocycles. The van der Waals surface area contributed by atoms with E-state index in [9.17, 15) is 0 Å². The van der Waals surface area contributed by atoms with Crippen LogP contribution in [-0.4, -0.2) is 19.0 Å². The summed E-state index contributed by atoms with van der Waals surface area (Å²) in [5.41, 5.74) is 0. The van der Waals surface area contributed by atoms with Crippen LogP contribution >= 0.6 is 0 Å². The van der Waals surface area contributed by atoms with E-state index in [1.807, 2.05) is 14.1 Å². The summed E-state index contributed by atoms with van der Waals surface area (Å²) >= 11 is 0. The second kappa shape index (κ2) is 5.64.